The van der Waals surface area contributed by atoms with Gasteiger partial charge in [0.05, 0.1) is 16.4 Å². The van der Waals surface area contributed by atoms with E-state index in [1.165, 1.54) is 38.8 Å². The molecule has 1 aliphatic rings. The Morgan fingerprint density at radius 1 is 0.433 bits per heavy atom. The summed E-state index contributed by atoms with van der Waals surface area (Å²) in [6.07, 6.45) is 0. The second kappa shape index (κ2) is 13.2. The number of fused-ring (bicyclic) bond motifs is 10. The van der Waals surface area contributed by atoms with E-state index in [-0.39, 0.29) is 5.41 Å². The average Bonchev–Trinajstić information content (AvgIpc) is 3.93. The molecule has 3 heteroatoms. The Kier molecular flexibility index (Phi) is 7.58. The van der Waals surface area contributed by atoms with Gasteiger partial charge in [0.25, 0.3) is 0 Å². The number of furan rings is 1. The smallest absolute Gasteiger partial charge is 0.145 e. The van der Waals surface area contributed by atoms with Crippen molar-refractivity contribution in [2.24, 2.45) is 0 Å². The molecule has 0 saturated heterocycles. The summed E-state index contributed by atoms with van der Waals surface area (Å²) >= 11 is 0. The normalized spacial score (nSPS) is 13.0. The van der Waals surface area contributed by atoms with Crippen molar-refractivity contribution >= 4 is 60.8 Å². The molecule has 3 nitrogen and oxygen atoms in total. The van der Waals surface area contributed by atoms with Gasteiger partial charge in [0.15, 0.2) is 0 Å². The molecule has 0 bridgehead atoms. The van der Waals surface area contributed by atoms with Gasteiger partial charge < -0.3 is 13.9 Å². The van der Waals surface area contributed by atoms with Crippen LogP contribution >= 0.6 is 0 Å². The minimum Gasteiger partial charge on any atom is -0.455 e. The molecule has 9 aromatic carbocycles. The van der Waals surface area contributed by atoms with Crippen molar-refractivity contribution in [2.45, 2.75) is 19.3 Å². The molecule has 0 N–H and O–H groups in total. The molecule has 0 fully saturated rings. The topological polar surface area (TPSA) is 21.3 Å². The number of nitrogens with zero attached hydrogens (tertiary/aromatic N) is 2. The van der Waals surface area contributed by atoms with E-state index >= 15 is 0 Å². The fraction of sp³-hybridized carbons (Fsp3) is 0.0526. The highest BCUT2D eigenvalue weighted by molar-refractivity contribution is 6.27. The van der Waals surface area contributed by atoms with Crippen LogP contribution < -0.4 is 4.90 Å². The zero-order valence-corrected chi connectivity index (χ0v) is 33.4. The Morgan fingerprint density at radius 3 is 1.83 bits per heavy atom. The molecule has 0 spiro atoms. The summed E-state index contributed by atoms with van der Waals surface area (Å²) in [6, 6.07) is 74.8. The van der Waals surface area contributed by atoms with Gasteiger partial charge in [-0.15, -0.1) is 0 Å². The van der Waals surface area contributed by atoms with Crippen LogP contribution in [-0.2, 0) is 5.41 Å². The number of hydrogen-bond donors (Lipinski definition) is 0. The predicted molar refractivity (Wildman–Crippen MR) is 251 cm³/mol. The van der Waals surface area contributed by atoms with E-state index in [2.05, 4.69) is 230 Å². The van der Waals surface area contributed by atoms with Gasteiger partial charge in [-0.25, -0.2) is 0 Å². The first-order valence-electron chi connectivity index (χ1n) is 20.8. The van der Waals surface area contributed by atoms with Crippen molar-refractivity contribution in [1.29, 1.82) is 0 Å². The molecule has 0 radical (unpaired) electrons. The van der Waals surface area contributed by atoms with Crippen molar-refractivity contribution in [3.05, 3.63) is 217 Å². The summed E-state index contributed by atoms with van der Waals surface area (Å²) in [5, 5.41) is 4.53. The summed E-state index contributed by atoms with van der Waals surface area (Å²) in [5.74, 6) is 0. The molecule has 12 rings (SSSR count). The second-order valence-corrected chi connectivity index (χ2v) is 16.5. The Morgan fingerprint density at radius 2 is 1.03 bits per heavy atom. The van der Waals surface area contributed by atoms with Crippen molar-refractivity contribution < 1.29 is 4.42 Å². The van der Waals surface area contributed by atoms with E-state index in [0.717, 1.165) is 72.2 Å². The monoisotopic (exact) mass is 768 g/mol. The van der Waals surface area contributed by atoms with E-state index in [4.69, 9.17) is 4.42 Å². The third kappa shape index (κ3) is 5.15. The third-order valence-electron chi connectivity index (χ3n) is 12.8. The predicted octanol–water partition coefficient (Wildman–Crippen LogP) is 15.8. The van der Waals surface area contributed by atoms with E-state index in [0.29, 0.717) is 0 Å². The first kappa shape index (κ1) is 34.4. The average molecular weight is 769 g/mol. The SMILES string of the molecule is CC1(C)c2ccccc2-c2ccc(N(c3ccccc3)c3ccc(-c4cc5c6ccccc6oc5c5c6ccccc6n(-c6ccc(-c7ccccc7)cc6)c45)cc3)cc21. The van der Waals surface area contributed by atoms with Gasteiger partial charge in [-0.3, -0.25) is 0 Å². The molecule has 0 atom stereocenters. The summed E-state index contributed by atoms with van der Waals surface area (Å²) in [5.41, 5.74) is 18.5. The first-order valence-corrected chi connectivity index (χ1v) is 20.8. The fourth-order valence-corrected chi connectivity index (χ4v) is 9.90. The van der Waals surface area contributed by atoms with Crippen LogP contribution in [0.2, 0.25) is 0 Å². The van der Waals surface area contributed by atoms with E-state index < -0.39 is 0 Å². The van der Waals surface area contributed by atoms with Gasteiger partial charge in [-0.2, -0.15) is 0 Å². The lowest BCUT2D eigenvalue weighted by atomic mass is 9.82. The van der Waals surface area contributed by atoms with Crippen molar-refractivity contribution in [3.8, 4) is 39.1 Å². The van der Waals surface area contributed by atoms with E-state index in [9.17, 15) is 0 Å². The Labute approximate surface area is 349 Å². The highest BCUT2D eigenvalue weighted by Gasteiger charge is 2.35. The summed E-state index contributed by atoms with van der Waals surface area (Å²) < 4.78 is 9.21. The number of benzene rings is 9. The Hall–Kier alpha value is -7.62. The van der Waals surface area contributed by atoms with Crippen LogP contribution in [0.25, 0.3) is 82.8 Å². The molecular weight excluding hydrogens is 729 g/mol. The summed E-state index contributed by atoms with van der Waals surface area (Å²) in [6.45, 7) is 4.70. The quantitative estimate of drug-likeness (QED) is 0.168. The number of anilines is 3. The van der Waals surface area contributed by atoms with Crippen molar-refractivity contribution in [2.75, 3.05) is 4.90 Å². The maximum Gasteiger partial charge on any atom is 0.145 e. The van der Waals surface area contributed by atoms with Gasteiger partial charge in [-0.05, 0) is 106 Å². The highest BCUT2D eigenvalue weighted by atomic mass is 16.3. The van der Waals surface area contributed by atoms with Gasteiger partial charge >= 0.3 is 0 Å². The van der Waals surface area contributed by atoms with Crippen LogP contribution in [0.4, 0.5) is 17.1 Å². The molecule has 2 heterocycles. The molecule has 0 saturated carbocycles. The van der Waals surface area contributed by atoms with Gasteiger partial charge in [0, 0.05) is 49.9 Å². The van der Waals surface area contributed by atoms with E-state index in [1.807, 2.05) is 0 Å². The molecule has 1 aliphatic carbocycles. The number of rotatable bonds is 6. The lowest BCUT2D eigenvalue weighted by molar-refractivity contribution is 0.660. The second-order valence-electron chi connectivity index (χ2n) is 16.5. The van der Waals surface area contributed by atoms with Gasteiger partial charge in [0.1, 0.15) is 11.2 Å². The highest BCUT2D eigenvalue weighted by Crippen LogP contribution is 2.51. The molecule has 284 valence electrons. The van der Waals surface area contributed by atoms with Crippen LogP contribution in [0.3, 0.4) is 0 Å². The van der Waals surface area contributed by atoms with Crippen LogP contribution in [0.1, 0.15) is 25.0 Å². The largest absolute Gasteiger partial charge is 0.455 e. The third-order valence-corrected chi connectivity index (χ3v) is 12.8. The minimum absolute atomic E-state index is 0.101. The number of para-hydroxylation sites is 3. The van der Waals surface area contributed by atoms with E-state index in [1.54, 1.807) is 0 Å². The first-order chi connectivity index (χ1) is 29.5. The molecule has 11 aromatic rings. The molecule has 0 amide bonds. The van der Waals surface area contributed by atoms with Crippen molar-refractivity contribution in [3.63, 3.8) is 0 Å². The minimum atomic E-state index is -0.101. The summed E-state index contributed by atoms with van der Waals surface area (Å²) in [7, 11) is 0. The molecule has 0 aliphatic heterocycles. The molecular formula is C57H40N2O. The lowest BCUT2D eigenvalue weighted by Gasteiger charge is -2.28. The van der Waals surface area contributed by atoms with Crippen LogP contribution in [-0.4, -0.2) is 4.57 Å². The van der Waals surface area contributed by atoms with Crippen molar-refractivity contribution in [1.82, 2.24) is 4.57 Å². The van der Waals surface area contributed by atoms with Crippen LogP contribution in [0.15, 0.2) is 211 Å². The molecule has 60 heavy (non-hydrogen) atoms. The maximum atomic E-state index is 6.79. The van der Waals surface area contributed by atoms with Crippen LogP contribution in [0, 0.1) is 0 Å². The number of aromatic nitrogens is 1. The zero-order chi connectivity index (χ0) is 40.0. The Bertz CT molecular complexity index is 3430. The summed E-state index contributed by atoms with van der Waals surface area (Å²) in [4.78, 5) is 2.39. The Balaban J connectivity index is 1.06. The van der Waals surface area contributed by atoms with Crippen LogP contribution in [0.5, 0.6) is 0 Å². The van der Waals surface area contributed by atoms with Gasteiger partial charge in [0.2, 0.25) is 0 Å². The number of hydrogen-bond acceptors (Lipinski definition) is 2. The standard InChI is InChI=1S/C57H40N2O/c1-57(2)50-22-12-9-19-44(50)45-34-33-43(35-51(45)57)58(40-17-7-4-8-18-40)41-31-27-39(28-32-41)48-36-49-46-20-11-14-24-53(46)60-56(49)54-47-21-10-13-23-52(47)59(55(48)54)42-29-25-38(26-30-42)37-15-5-3-6-16-37/h3-36H,1-2H3. The lowest BCUT2D eigenvalue weighted by Crippen LogP contribution is -2.16. The fourth-order valence-electron chi connectivity index (χ4n) is 9.90. The molecule has 0 unspecified atom stereocenters. The maximum absolute atomic E-state index is 6.79. The zero-order valence-electron chi connectivity index (χ0n) is 33.4. The van der Waals surface area contributed by atoms with Gasteiger partial charge in [-0.1, -0.05) is 153 Å². The molecule has 2 aromatic heterocycles.